The van der Waals surface area contributed by atoms with E-state index in [1.54, 1.807) is 0 Å². The summed E-state index contributed by atoms with van der Waals surface area (Å²) in [5, 5.41) is 3.74. The normalized spacial score (nSPS) is 26.9. The molecule has 3 aromatic rings. The molecular weight excluding hydrogens is 342 g/mol. The van der Waals surface area contributed by atoms with Crippen LogP contribution < -0.4 is 5.32 Å². The zero-order chi connectivity index (χ0) is 19.3. The number of nitrogens with one attached hydrogen (secondary N) is 2. The van der Waals surface area contributed by atoms with Crippen molar-refractivity contribution in [2.24, 2.45) is 23.7 Å². The molecule has 1 aromatic heterocycles. The van der Waals surface area contributed by atoms with Crippen LogP contribution in [0.5, 0.6) is 0 Å². The first kappa shape index (κ1) is 17.5. The molecule has 0 aliphatic heterocycles. The summed E-state index contributed by atoms with van der Waals surface area (Å²) in [5.74, 6) is 4.01. The van der Waals surface area contributed by atoms with Gasteiger partial charge in [-0.3, -0.25) is 0 Å². The van der Waals surface area contributed by atoms with E-state index < -0.39 is 0 Å². The number of aromatic amines is 1. The second-order valence-electron chi connectivity index (χ2n) is 8.93. The van der Waals surface area contributed by atoms with E-state index in [4.69, 9.17) is 4.98 Å². The van der Waals surface area contributed by atoms with Gasteiger partial charge in [-0.1, -0.05) is 38.5 Å². The van der Waals surface area contributed by atoms with Gasteiger partial charge < -0.3 is 10.3 Å². The van der Waals surface area contributed by atoms with Crippen LogP contribution in [0.1, 0.15) is 38.7 Å². The number of benzene rings is 2. The largest absolute Gasteiger partial charge is 0.359 e. The Morgan fingerprint density at radius 1 is 1.04 bits per heavy atom. The fraction of sp³-hybridized carbons (Fsp3) is 0.400. The monoisotopic (exact) mass is 371 g/mol. The van der Waals surface area contributed by atoms with E-state index in [1.807, 2.05) is 0 Å². The van der Waals surface area contributed by atoms with Crippen molar-refractivity contribution in [1.29, 1.82) is 0 Å². The molecule has 5 rings (SSSR count). The maximum Gasteiger partial charge on any atom is 0.138 e. The molecule has 144 valence electrons. The third kappa shape index (κ3) is 3.03. The molecule has 2 N–H and O–H groups in total. The van der Waals surface area contributed by atoms with E-state index >= 15 is 0 Å². The molecule has 2 aliphatic rings. The smallest absolute Gasteiger partial charge is 0.138 e. The number of imidazole rings is 1. The third-order valence-electron chi connectivity index (χ3n) is 6.84. The Hall–Kier alpha value is -2.55. The number of H-pyrrole nitrogens is 1. The molecule has 1 unspecified atom stereocenters. The van der Waals surface area contributed by atoms with Crippen molar-refractivity contribution in [2.75, 3.05) is 5.32 Å². The van der Waals surface area contributed by atoms with Crippen LogP contribution in [0, 0.1) is 30.6 Å². The maximum atomic E-state index is 4.80. The van der Waals surface area contributed by atoms with Crippen LogP contribution in [0.15, 0.2) is 54.2 Å². The van der Waals surface area contributed by atoms with E-state index in [1.165, 1.54) is 36.2 Å². The van der Waals surface area contributed by atoms with Gasteiger partial charge in [-0.2, -0.15) is 0 Å². The van der Waals surface area contributed by atoms with Crippen LogP contribution in [0.4, 0.5) is 5.69 Å². The molecule has 0 radical (unpaired) electrons. The lowest BCUT2D eigenvalue weighted by Crippen LogP contribution is -2.26. The molecule has 1 saturated carbocycles. The first-order valence-corrected chi connectivity index (χ1v) is 10.6. The summed E-state index contributed by atoms with van der Waals surface area (Å²) in [7, 11) is 0. The van der Waals surface area contributed by atoms with Crippen molar-refractivity contribution >= 4 is 16.7 Å². The Bertz CT molecular complexity index is 1030. The number of nitrogens with zero attached hydrogens (tertiary/aromatic N) is 1. The second kappa shape index (κ2) is 6.80. The molecule has 28 heavy (non-hydrogen) atoms. The van der Waals surface area contributed by atoms with Crippen LogP contribution in [0.25, 0.3) is 22.4 Å². The standard InChI is InChI=1S/C25H29N3/c1-15-7-12-20-17(3)14-23(21(20)13-15)26-19-10-8-18(9-11-19)25-27-22-6-4-5-16(2)24(22)28-25/h4-6,8-11,14-15,17,20-21,26H,7,12-13H2,1-3H3,(H,27,28)/t15-,17?,20+,21-/m1/s1. The van der Waals surface area contributed by atoms with Crippen molar-refractivity contribution in [3.05, 3.63) is 59.8 Å². The number of anilines is 1. The fourth-order valence-corrected chi connectivity index (χ4v) is 5.25. The van der Waals surface area contributed by atoms with Crippen LogP contribution in [-0.2, 0) is 0 Å². The summed E-state index contributed by atoms with van der Waals surface area (Å²) in [6, 6.07) is 15.0. The predicted octanol–water partition coefficient (Wildman–Crippen LogP) is 6.54. The summed E-state index contributed by atoms with van der Waals surface area (Å²) < 4.78 is 0. The molecule has 4 atom stereocenters. The van der Waals surface area contributed by atoms with Crippen molar-refractivity contribution in [3.8, 4) is 11.4 Å². The summed E-state index contributed by atoms with van der Waals surface area (Å²) in [6.45, 7) is 6.89. The SMILES string of the molecule is Cc1cccc2[nH]c(-c3ccc(NC4=CC(C)[C@@H]5CC[C@@H](C)C[C@@H]45)cc3)nc12. The zero-order valence-electron chi connectivity index (χ0n) is 17.0. The van der Waals surface area contributed by atoms with Crippen molar-refractivity contribution in [2.45, 2.75) is 40.0 Å². The molecule has 0 amide bonds. The topological polar surface area (TPSA) is 40.7 Å². The van der Waals surface area contributed by atoms with Gasteiger partial charge in [-0.05, 0) is 73.4 Å². The van der Waals surface area contributed by atoms with Gasteiger partial charge in [0.05, 0.1) is 11.0 Å². The van der Waals surface area contributed by atoms with Crippen molar-refractivity contribution in [3.63, 3.8) is 0 Å². The minimum Gasteiger partial charge on any atom is -0.359 e. The predicted molar refractivity (Wildman–Crippen MR) is 117 cm³/mol. The lowest BCUT2D eigenvalue weighted by Gasteiger charge is -2.34. The molecule has 0 saturated heterocycles. The first-order valence-electron chi connectivity index (χ1n) is 10.6. The Labute approximate surface area is 167 Å². The molecule has 0 bridgehead atoms. The number of allylic oxidation sites excluding steroid dienone is 2. The van der Waals surface area contributed by atoms with Crippen LogP contribution >= 0.6 is 0 Å². The molecule has 3 heteroatoms. The van der Waals surface area contributed by atoms with Crippen molar-refractivity contribution in [1.82, 2.24) is 9.97 Å². The molecule has 3 nitrogen and oxygen atoms in total. The zero-order valence-corrected chi connectivity index (χ0v) is 17.0. The number of hydrogen-bond acceptors (Lipinski definition) is 2. The van der Waals surface area contributed by atoms with Gasteiger partial charge in [0, 0.05) is 22.9 Å². The number of para-hydroxylation sites is 1. The Morgan fingerprint density at radius 2 is 1.86 bits per heavy atom. The highest BCUT2D eigenvalue weighted by Gasteiger charge is 2.38. The second-order valence-corrected chi connectivity index (χ2v) is 8.93. The van der Waals surface area contributed by atoms with Crippen LogP contribution in [0.3, 0.4) is 0 Å². The summed E-state index contributed by atoms with van der Waals surface area (Å²) in [5.41, 5.74) is 7.10. The molecule has 0 spiro atoms. The number of fused-ring (bicyclic) bond motifs is 2. The quantitative estimate of drug-likeness (QED) is 0.549. The molecule has 1 heterocycles. The lowest BCUT2D eigenvalue weighted by molar-refractivity contribution is 0.203. The van der Waals surface area contributed by atoms with Gasteiger partial charge >= 0.3 is 0 Å². The van der Waals surface area contributed by atoms with Gasteiger partial charge in [0.2, 0.25) is 0 Å². The minimum atomic E-state index is 0.693. The lowest BCUT2D eigenvalue weighted by atomic mass is 9.73. The Kier molecular flexibility index (Phi) is 4.26. The van der Waals surface area contributed by atoms with E-state index in [0.29, 0.717) is 11.8 Å². The van der Waals surface area contributed by atoms with E-state index in [2.05, 4.69) is 79.6 Å². The first-order chi connectivity index (χ1) is 13.6. The summed E-state index contributed by atoms with van der Waals surface area (Å²) in [4.78, 5) is 8.25. The van der Waals surface area contributed by atoms with Crippen molar-refractivity contribution < 1.29 is 0 Å². The van der Waals surface area contributed by atoms with Gasteiger partial charge in [0.15, 0.2) is 0 Å². The highest BCUT2D eigenvalue weighted by atomic mass is 14.9. The van der Waals surface area contributed by atoms with E-state index in [0.717, 1.165) is 34.3 Å². The van der Waals surface area contributed by atoms with Crippen LogP contribution in [0.2, 0.25) is 0 Å². The van der Waals surface area contributed by atoms with E-state index in [-0.39, 0.29) is 0 Å². The summed E-state index contributed by atoms with van der Waals surface area (Å²) >= 11 is 0. The van der Waals surface area contributed by atoms with Gasteiger partial charge in [0.1, 0.15) is 5.82 Å². The number of hydrogen-bond donors (Lipinski definition) is 2. The highest BCUT2D eigenvalue weighted by molar-refractivity contribution is 5.82. The number of aryl methyl sites for hydroxylation is 1. The average Bonchev–Trinajstić information content (AvgIpc) is 3.25. The van der Waals surface area contributed by atoms with Gasteiger partial charge in [-0.15, -0.1) is 0 Å². The molecule has 1 fully saturated rings. The number of aromatic nitrogens is 2. The molecule has 2 aromatic carbocycles. The van der Waals surface area contributed by atoms with Gasteiger partial charge in [-0.25, -0.2) is 4.98 Å². The Balaban J connectivity index is 1.36. The van der Waals surface area contributed by atoms with E-state index in [9.17, 15) is 0 Å². The number of rotatable bonds is 3. The van der Waals surface area contributed by atoms with Crippen LogP contribution in [-0.4, -0.2) is 9.97 Å². The fourth-order valence-electron chi connectivity index (χ4n) is 5.25. The summed E-state index contributed by atoms with van der Waals surface area (Å²) in [6.07, 6.45) is 6.56. The highest BCUT2D eigenvalue weighted by Crippen LogP contribution is 2.47. The maximum absolute atomic E-state index is 4.80. The Morgan fingerprint density at radius 3 is 2.64 bits per heavy atom. The third-order valence-corrected chi connectivity index (χ3v) is 6.84. The average molecular weight is 372 g/mol. The molecular formula is C25H29N3. The van der Waals surface area contributed by atoms with Gasteiger partial charge in [0.25, 0.3) is 0 Å². The minimum absolute atomic E-state index is 0.693. The molecule has 2 aliphatic carbocycles.